The van der Waals surface area contributed by atoms with E-state index in [0.29, 0.717) is 0 Å². The van der Waals surface area contributed by atoms with Gasteiger partial charge in [0.1, 0.15) is 0 Å². The molecule has 0 bridgehead atoms. The maximum absolute atomic E-state index is 11.3. The second-order valence-corrected chi connectivity index (χ2v) is 7.25. The zero-order valence-corrected chi connectivity index (χ0v) is 16.8. The average molecular weight is 393 g/mol. The maximum atomic E-state index is 11.3. The Morgan fingerprint density at radius 2 is 1.47 bits per heavy atom. The Balaban J connectivity index is 1.69. The van der Waals surface area contributed by atoms with Crippen LogP contribution in [0.3, 0.4) is 0 Å². The number of rotatable bonds is 6. The lowest BCUT2D eigenvalue weighted by molar-refractivity contribution is -0.114. The van der Waals surface area contributed by atoms with Crippen molar-refractivity contribution in [2.24, 2.45) is 0 Å². The van der Waals surface area contributed by atoms with E-state index in [9.17, 15) is 4.79 Å². The molecule has 0 aliphatic carbocycles. The zero-order valence-electron chi connectivity index (χ0n) is 16.8. The van der Waals surface area contributed by atoms with Crippen molar-refractivity contribution in [3.8, 4) is 11.1 Å². The van der Waals surface area contributed by atoms with Crippen LogP contribution in [0.2, 0.25) is 0 Å². The van der Waals surface area contributed by atoms with Crippen LogP contribution in [0.5, 0.6) is 0 Å². The minimum atomic E-state index is -0.0704. The molecule has 0 atom stereocenters. The first-order valence-corrected chi connectivity index (χ1v) is 9.96. The highest BCUT2D eigenvalue weighted by Crippen LogP contribution is 2.32. The molecule has 0 aliphatic rings. The molecule has 1 N–H and O–H groups in total. The minimum Gasteiger partial charge on any atom is -0.326 e. The smallest absolute Gasteiger partial charge is 0.221 e. The molecule has 0 saturated carbocycles. The number of nitrogens with zero attached hydrogens (tertiary/aromatic N) is 2. The molecule has 0 unspecified atom stereocenters. The summed E-state index contributed by atoms with van der Waals surface area (Å²) in [5, 5.41) is 2.82. The van der Waals surface area contributed by atoms with Gasteiger partial charge in [0.25, 0.3) is 0 Å². The van der Waals surface area contributed by atoms with Crippen LogP contribution in [0.1, 0.15) is 29.5 Å². The number of nitrogens with one attached hydrogen (secondary N) is 1. The first kappa shape index (κ1) is 19.5. The highest BCUT2D eigenvalue weighted by molar-refractivity contribution is 5.89. The van der Waals surface area contributed by atoms with Crippen LogP contribution in [-0.2, 0) is 11.2 Å². The molecule has 0 spiro atoms. The second kappa shape index (κ2) is 9.14. The molecular weight excluding hydrogens is 370 g/mol. The van der Waals surface area contributed by atoms with Crippen molar-refractivity contribution < 1.29 is 4.79 Å². The Morgan fingerprint density at radius 3 is 2.03 bits per heavy atom. The lowest BCUT2D eigenvalue weighted by atomic mass is 9.85. The van der Waals surface area contributed by atoms with Crippen molar-refractivity contribution in [3.05, 3.63) is 114 Å². The van der Waals surface area contributed by atoms with Crippen molar-refractivity contribution >= 4 is 11.6 Å². The van der Waals surface area contributed by atoms with Gasteiger partial charge in [-0.2, -0.15) is 0 Å². The lowest BCUT2D eigenvalue weighted by Gasteiger charge is -2.20. The second-order valence-electron chi connectivity index (χ2n) is 7.25. The summed E-state index contributed by atoms with van der Waals surface area (Å²) in [6, 6.07) is 24.6. The van der Waals surface area contributed by atoms with Gasteiger partial charge >= 0.3 is 0 Å². The molecule has 0 fully saturated rings. The summed E-state index contributed by atoms with van der Waals surface area (Å²) < 4.78 is 0. The van der Waals surface area contributed by atoms with Crippen LogP contribution >= 0.6 is 0 Å². The van der Waals surface area contributed by atoms with Gasteiger partial charge in [-0.15, -0.1) is 0 Å². The summed E-state index contributed by atoms with van der Waals surface area (Å²) in [5.74, 6) is 0.0890. The third-order valence-electron chi connectivity index (χ3n) is 5.13. The highest BCUT2D eigenvalue weighted by atomic mass is 16.1. The Morgan fingerprint density at radius 1 is 0.833 bits per heavy atom. The van der Waals surface area contributed by atoms with E-state index in [2.05, 4.69) is 51.7 Å². The summed E-state index contributed by atoms with van der Waals surface area (Å²) in [6.07, 6.45) is 8.30. The fraction of sp³-hybridized carbons (Fsp3) is 0.115. The first-order chi connectivity index (χ1) is 14.7. The van der Waals surface area contributed by atoms with Gasteiger partial charge < -0.3 is 5.32 Å². The molecule has 4 rings (SSSR count). The topological polar surface area (TPSA) is 54.9 Å². The molecule has 0 radical (unpaired) electrons. The lowest BCUT2D eigenvalue weighted by Crippen LogP contribution is -2.07. The Kier molecular flexibility index (Phi) is 5.95. The third-order valence-corrected chi connectivity index (χ3v) is 5.13. The highest BCUT2D eigenvalue weighted by Gasteiger charge is 2.17. The van der Waals surface area contributed by atoms with Crippen LogP contribution in [-0.4, -0.2) is 15.9 Å². The van der Waals surface area contributed by atoms with Gasteiger partial charge in [0.05, 0.1) is 0 Å². The van der Waals surface area contributed by atoms with E-state index in [0.717, 1.165) is 17.7 Å². The van der Waals surface area contributed by atoms with Gasteiger partial charge in [-0.3, -0.25) is 14.8 Å². The van der Waals surface area contributed by atoms with Gasteiger partial charge in [-0.1, -0.05) is 48.5 Å². The SMILES string of the molecule is CC(=O)Nc1ccc(-c2ccccc2CC(c2cccnc2)c2cccnc2)cc1. The van der Waals surface area contributed by atoms with Gasteiger partial charge in [-0.25, -0.2) is 0 Å². The Labute approximate surface area is 176 Å². The summed E-state index contributed by atoms with van der Waals surface area (Å²) >= 11 is 0. The van der Waals surface area contributed by atoms with E-state index >= 15 is 0 Å². The van der Waals surface area contributed by atoms with E-state index in [1.807, 2.05) is 48.8 Å². The van der Waals surface area contributed by atoms with Crippen molar-refractivity contribution in [1.82, 2.24) is 9.97 Å². The molecule has 4 nitrogen and oxygen atoms in total. The molecule has 1 amide bonds. The van der Waals surface area contributed by atoms with Crippen LogP contribution in [0.15, 0.2) is 97.6 Å². The number of carbonyl (C=O) groups is 1. The van der Waals surface area contributed by atoms with Gasteiger partial charge in [0, 0.05) is 43.3 Å². The van der Waals surface area contributed by atoms with Crippen LogP contribution in [0, 0.1) is 0 Å². The van der Waals surface area contributed by atoms with Gasteiger partial charge in [0.2, 0.25) is 5.91 Å². The average Bonchev–Trinajstić information content (AvgIpc) is 2.79. The van der Waals surface area contributed by atoms with Crippen molar-refractivity contribution in [3.63, 3.8) is 0 Å². The van der Waals surface area contributed by atoms with Gasteiger partial charge in [0.15, 0.2) is 0 Å². The number of carbonyl (C=O) groups excluding carboxylic acids is 1. The Hall–Kier alpha value is -3.79. The quantitative estimate of drug-likeness (QED) is 0.472. The summed E-state index contributed by atoms with van der Waals surface area (Å²) in [4.78, 5) is 20.0. The summed E-state index contributed by atoms with van der Waals surface area (Å²) in [7, 11) is 0. The fourth-order valence-corrected chi connectivity index (χ4v) is 3.73. The first-order valence-electron chi connectivity index (χ1n) is 9.96. The summed E-state index contributed by atoms with van der Waals surface area (Å²) in [5.41, 5.74) is 6.69. The maximum Gasteiger partial charge on any atom is 0.221 e. The van der Waals surface area contributed by atoms with Crippen LogP contribution in [0.25, 0.3) is 11.1 Å². The standard InChI is InChI=1S/C26H23N3O/c1-19(30)29-24-12-10-20(11-13-24)25-9-3-2-6-21(25)16-26(22-7-4-14-27-17-22)23-8-5-15-28-18-23/h2-15,17-18,26H,16H2,1H3,(H,29,30). The molecule has 2 aromatic heterocycles. The number of amides is 1. The minimum absolute atomic E-state index is 0.0704. The molecule has 148 valence electrons. The molecule has 4 heteroatoms. The predicted molar refractivity (Wildman–Crippen MR) is 120 cm³/mol. The van der Waals surface area contributed by atoms with Crippen molar-refractivity contribution in [2.45, 2.75) is 19.3 Å². The van der Waals surface area contributed by atoms with Gasteiger partial charge in [-0.05, 0) is 58.5 Å². The Bertz CT molecular complexity index is 1070. The number of anilines is 1. The van der Waals surface area contributed by atoms with E-state index < -0.39 is 0 Å². The molecule has 2 aromatic carbocycles. The zero-order chi connectivity index (χ0) is 20.8. The van der Waals surface area contributed by atoms with Crippen molar-refractivity contribution in [2.75, 3.05) is 5.32 Å². The fourth-order valence-electron chi connectivity index (χ4n) is 3.73. The molecule has 0 saturated heterocycles. The third kappa shape index (κ3) is 4.61. The monoisotopic (exact) mass is 393 g/mol. The molecular formula is C26H23N3O. The number of benzene rings is 2. The van der Waals surface area contributed by atoms with Crippen LogP contribution in [0.4, 0.5) is 5.69 Å². The normalized spacial score (nSPS) is 10.7. The summed E-state index contributed by atoms with van der Waals surface area (Å²) in [6.45, 7) is 1.51. The van der Waals surface area contributed by atoms with E-state index in [-0.39, 0.29) is 11.8 Å². The van der Waals surface area contributed by atoms with Crippen LogP contribution < -0.4 is 5.32 Å². The van der Waals surface area contributed by atoms with E-state index in [1.54, 1.807) is 12.4 Å². The molecule has 30 heavy (non-hydrogen) atoms. The molecule has 0 aliphatic heterocycles. The van der Waals surface area contributed by atoms with E-state index in [1.165, 1.54) is 29.2 Å². The number of hydrogen-bond donors (Lipinski definition) is 1. The molecule has 4 aromatic rings. The molecule has 2 heterocycles. The predicted octanol–water partition coefficient (Wildman–Crippen LogP) is 5.48. The number of aromatic nitrogens is 2. The number of pyridine rings is 2. The number of hydrogen-bond acceptors (Lipinski definition) is 3. The van der Waals surface area contributed by atoms with E-state index in [4.69, 9.17) is 0 Å². The largest absolute Gasteiger partial charge is 0.326 e. The van der Waals surface area contributed by atoms with Crippen molar-refractivity contribution in [1.29, 1.82) is 0 Å².